The van der Waals surface area contributed by atoms with Gasteiger partial charge in [0.2, 0.25) is 0 Å². The highest BCUT2D eigenvalue weighted by Gasteiger charge is 2.28. The quantitative estimate of drug-likeness (QED) is 0.231. The van der Waals surface area contributed by atoms with Gasteiger partial charge in [0, 0.05) is 19.0 Å². The van der Waals surface area contributed by atoms with Gasteiger partial charge < -0.3 is 10.9 Å². The Bertz CT molecular complexity index is 326. The van der Waals surface area contributed by atoms with Crippen LogP contribution in [0.2, 0.25) is 0 Å². The van der Waals surface area contributed by atoms with Gasteiger partial charge in [-0.3, -0.25) is 0 Å². The summed E-state index contributed by atoms with van der Waals surface area (Å²) in [5.74, 6) is -0.189. The SMILES string of the molecule is NC(=NO)C1CCCN(S(N)(=O)=O)C1. The molecule has 1 aliphatic heterocycles. The van der Waals surface area contributed by atoms with E-state index in [4.69, 9.17) is 16.1 Å². The Morgan fingerprint density at radius 3 is 2.71 bits per heavy atom. The molecule has 1 saturated heterocycles. The lowest BCUT2D eigenvalue weighted by atomic mass is 9.99. The van der Waals surface area contributed by atoms with Crippen LogP contribution in [0.1, 0.15) is 12.8 Å². The molecule has 82 valence electrons. The molecule has 0 aromatic heterocycles. The smallest absolute Gasteiger partial charge is 0.276 e. The number of amidine groups is 1. The highest BCUT2D eigenvalue weighted by atomic mass is 32.2. The largest absolute Gasteiger partial charge is 0.409 e. The average Bonchev–Trinajstić information content (AvgIpc) is 2.15. The molecule has 0 radical (unpaired) electrons. The van der Waals surface area contributed by atoms with Crippen molar-refractivity contribution in [1.82, 2.24) is 4.31 Å². The van der Waals surface area contributed by atoms with Gasteiger partial charge in [0.1, 0.15) is 5.84 Å². The Balaban J connectivity index is 2.70. The molecule has 7 nitrogen and oxygen atoms in total. The van der Waals surface area contributed by atoms with Gasteiger partial charge in [-0.2, -0.15) is 12.7 Å². The molecular formula is C6H14N4O3S. The molecule has 1 heterocycles. The normalized spacial score (nSPS) is 26.4. The van der Waals surface area contributed by atoms with Crippen molar-refractivity contribution < 1.29 is 13.6 Å². The van der Waals surface area contributed by atoms with E-state index in [1.165, 1.54) is 0 Å². The fourth-order valence-corrected chi connectivity index (χ4v) is 2.27. The van der Waals surface area contributed by atoms with Gasteiger partial charge in [0.05, 0.1) is 0 Å². The molecule has 0 bridgehead atoms. The van der Waals surface area contributed by atoms with Crippen LogP contribution in [-0.2, 0) is 10.2 Å². The second kappa shape index (κ2) is 4.11. The summed E-state index contributed by atoms with van der Waals surface area (Å²) >= 11 is 0. The molecule has 14 heavy (non-hydrogen) atoms. The predicted octanol–water partition coefficient (Wildman–Crippen LogP) is -1.35. The van der Waals surface area contributed by atoms with Crippen molar-refractivity contribution in [2.45, 2.75) is 12.8 Å². The molecule has 0 aliphatic carbocycles. The maximum Gasteiger partial charge on any atom is 0.276 e. The van der Waals surface area contributed by atoms with E-state index in [2.05, 4.69) is 5.16 Å². The fourth-order valence-electron chi connectivity index (χ4n) is 1.50. The first-order chi connectivity index (χ1) is 6.45. The Kier molecular flexibility index (Phi) is 3.29. The molecule has 0 aromatic carbocycles. The average molecular weight is 222 g/mol. The summed E-state index contributed by atoms with van der Waals surface area (Å²) in [7, 11) is -3.66. The third-order valence-corrected chi connectivity index (χ3v) is 3.33. The lowest BCUT2D eigenvalue weighted by Gasteiger charge is -2.29. The van der Waals surface area contributed by atoms with Crippen molar-refractivity contribution in [3.05, 3.63) is 0 Å². The number of hydrogen-bond acceptors (Lipinski definition) is 4. The summed E-state index contributed by atoms with van der Waals surface area (Å²) in [6.07, 6.45) is 1.37. The number of oxime groups is 1. The molecule has 0 saturated carbocycles. The van der Waals surface area contributed by atoms with Crippen LogP contribution in [-0.4, -0.2) is 36.9 Å². The van der Waals surface area contributed by atoms with Gasteiger partial charge in [-0.25, -0.2) is 5.14 Å². The molecule has 1 rings (SSSR count). The maximum atomic E-state index is 11.0. The molecule has 1 aliphatic rings. The van der Waals surface area contributed by atoms with E-state index < -0.39 is 10.2 Å². The van der Waals surface area contributed by atoms with Crippen molar-refractivity contribution in [2.24, 2.45) is 21.9 Å². The van der Waals surface area contributed by atoms with Gasteiger partial charge in [-0.15, -0.1) is 0 Å². The first-order valence-corrected chi connectivity index (χ1v) is 5.70. The van der Waals surface area contributed by atoms with Crippen LogP contribution >= 0.6 is 0 Å². The molecule has 1 atom stereocenters. The monoisotopic (exact) mass is 222 g/mol. The third-order valence-electron chi connectivity index (χ3n) is 2.28. The molecule has 0 amide bonds. The van der Waals surface area contributed by atoms with Crippen LogP contribution in [0, 0.1) is 5.92 Å². The summed E-state index contributed by atoms with van der Waals surface area (Å²) in [6, 6.07) is 0. The van der Waals surface area contributed by atoms with Gasteiger partial charge in [-0.05, 0) is 12.8 Å². The van der Waals surface area contributed by atoms with Gasteiger partial charge in [-0.1, -0.05) is 5.16 Å². The first-order valence-electron chi connectivity index (χ1n) is 4.20. The van der Waals surface area contributed by atoms with Crippen molar-refractivity contribution >= 4 is 16.0 Å². The lowest BCUT2D eigenvalue weighted by Crippen LogP contribution is -2.46. The first kappa shape index (κ1) is 11.2. The van der Waals surface area contributed by atoms with E-state index in [0.717, 1.165) is 4.31 Å². The van der Waals surface area contributed by atoms with Crippen LogP contribution in [0.15, 0.2) is 5.16 Å². The van der Waals surface area contributed by atoms with Crippen LogP contribution < -0.4 is 10.9 Å². The second-order valence-corrected chi connectivity index (χ2v) is 4.81. The van der Waals surface area contributed by atoms with Gasteiger partial charge in [0.25, 0.3) is 10.2 Å². The van der Waals surface area contributed by atoms with E-state index >= 15 is 0 Å². The van der Waals surface area contributed by atoms with Crippen LogP contribution in [0.4, 0.5) is 0 Å². The van der Waals surface area contributed by atoms with Crippen molar-refractivity contribution in [2.75, 3.05) is 13.1 Å². The summed E-state index contributed by atoms with van der Waals surface area (Å²) in [5, 5.41) is 16.3. The zero-order chi connectivity index (χ0) is 10.8. The Morgan fingerprint density at radius 1 is 1.57 bits per heavy atom. The molecule has 1 fully saturated rings. The second-order valence-electron chi connectivity index (χ2n) is 3.27. The highest BCUT2D eigenvalue weighted by Crippen LogP contribution is 2.17. The minimum absolute atomic E-state index is 0.0540. The van der Waals surface area contributed by atoms with E-state index in [0.29, 0.717) is 19.4 Å². The van der Waals surface area contributed by atoms with Crippen LogP contribution in [0.25, 0.3) is 0 Å². The van der Waals surface area contributed by atoms with Crippen molar-refractivity contribution in [3.8, 4) is 0 Å². The molecule has 1 unspecified atom stereocenters. The maximum absolute atomic E-state index is 11.0. The molecule has 5 N–H and O–H groups in total. The summed E-state index contributed by atoms with van der Waals surface area (Å²) in [4.78, 5) is 0. The van der Waals surface area contributed by atoms with Crippen molar-refractivity contribution in [3.63, 3.8) is 0 Å². The Labute approximate surface area is 82.5 Å². The van der Waals surface area contributed by atoms with Crippen LogP contribution in [0.3, 0.4) is 0 Å². The van der Waals surface area contributed by atoms with Gasteiger partial charge in [0.15, 0.2) is 0 Å². The fraction of sp³-hybridized carbons (Fsp3) is 0.833. The minimum Gasteiger partial charge on any atom is -0.409 e. The zero-order valence-corrected chi connectivity index (χ0v) is 8.44. The van der Waals surface area contributed by atoms with Crippen LogP contribution in [0.5, 0.6) is 0 Å². The van der Waals surface area contributed by atoms with E-state index in [1.54, 1.807) is 0 Å². The van der Waals surface area contributed by atoms with E-state index in [1.807, 2.05) is 0 Å². The summed E-state index contributed by atoms with van der Waals surface area (Å²) in [5.41, 5.74) is 5.39. The number of nitrogens with zero attached hydrogens (tertiary/aromatic N) is 2. The summed E-state index contributed by atoms with van der Waals surface area (Å²) in [6.45, 7) is 0.586. The lowest BCUT2D eigenvalue weighted by molar-refractivity contribution is 0.287. The number of rotatable bonds is 2. The molecular weight excluding hydrogens is 208 g/mol. The molecule has 0 aromatic rings. The number of piperidine rings is 1. The standard InChI is InChI=1S/C6H14N4O3S/c7-6(9-11)5-2-1-3-10(4-5)14(8,12)13/h5,11H,1-4H2,(H2,7,9)(H2,8,12,13). The Hall–Kier alpha value is -0.860. The highest BCUT2D eigenvalue weighted by molar-refractivity contribution is 7.86. The zero-order valence-electron chi connectivity index (χ0n) is 7.63. The van der Waals surface area contributed by atoms with E-state index in [-0.39, 0.29) is 18.3 Å². The van der Waals surface area contributed by atoms with E-state index in [9.17, 15) is 8.42 Å². The topological polar surface area (TPSA) is 122 Å². The number of hydrogen-bond donors (Lipinski definition) is 3. The number of nitrogens with two attached hydrogens (primary N) is 2. The molecule has 0 spiro atoms. The minimum atomic E-state index is -3.66. The Morgan fingerprint density at radius 2 is 2.21 bits per heavy atom. The van der Waals surface area contributed by atoms with Gasteiger partial charge >= 0.3 is 0 Å². The predicted molar refractivity (Wildman–Crippen MR) is 50.8 cm³/mol. The van der Waals surface area contributed by atoms with Crippen molar-refractivity contribution in [1.29, 1.82) is 0 Å². The molecule has 8 heteroatoms. The summed E-state index contributed by atoms with van der Waals surface area (Å²) < 4.78 is 23.1. The third kappa shape index (κ3) is 2.56.